The van der Waals surface area contributed by atoms with Crippen molar-refractivity contribution in [1.82, 2.24) is 0 Å². The second-order valence-electron chi connectivity index (χ2n) is 2.19. The van der Waals surface area contributed by atoms with Gasteiger partial charge in [-0.05, 0) is 0 Å². The molecule has 9 heavy (non-hydrogen) atoms. The first-order chi connectivity index (χ1) is 4.11. The van der Waals surface area contributed by atoms with Gasteiger partial charge < -0.3 is 0 Å². The zero-order chi connectivity index (χ0) is 6.91. The summed E-state index contributed by atoms with van der Waals surface area (Å²) in [4.78, 5) is 25.9. The van der Waals surface area contributed by atoms with Gasteiger partial charge in [0.05, 0.1) is 0 Å². The summed E-state index contributed by atoms with van der Waals surface area (Å²) in [5.41, 5.74) is 0. The average molecular weight is 154 g/mol. The Morgan fingerprint density at radius 3 is 2.22 bits per heavy atom. The predicted octanol–water partition coefficient (Wildman–Crippen LogP) is -0.405. The van der Waals surface area contributed by atoms with Gasteiger partial charge in [0.25, 0.3) is 0 Å². The van der Waals surface area contributed by atoms with Gasteiger partial charge in [-0.3, -0.25) is 0 Å². The summed E-state index contributed by atoms with van der Waals surface area (Å²) in [6.45, 7) is 0.529. The minimum absolute atomic E-state index is 0.529. The normalized spacial score (nSPS) is 30.8. The van der Waals surface area contributed by atoms with Crippen LogP contribution in [0.25, 0.3) is 0 Å². The van der Waals surface area contributed by atoms with E-state index in [0.717, 1.165) is 6.42 Å². The van der Waals surface area contributed by atoms with E-state index in [4.69, 9.17) is 19.4 Å². The monoisotopic (exact) mass is 154 g/mol. The van der Waals surface area contributed by atoms with Crippen LogP contribution < -0.4 is 0 Å². The fourth-order valence-corrected chi connectivity index (χ4v) is 1.82. The van der Waals surface area contributed by atoms with Crippen LogP contribution in [0.5, 0.6) is 0 Å². The van der Waals surface area contributed by atoms with Crippen molar-refractivity contribution >= 4 is 7.94 Å². The van der Waals surface area contributed by atoms with Crippen LogP contribution in [0, 0.1) is 0 Å². The molecule has 0 saturated carbocycles. The summed E-state index contributed by atoms with van der Waals surface area (Å²) in [6.07, 6.45) is 1.37. The SMILES string of the molecule is O[PH](O)(O)C1CCCO1. The van der Waals surface area contributed by atoms with Gasteiger partial charge in [-0.1, -0.05) is 0 Å². The molecule has 1 aliphatic rings. The molecule has 1 saturated heterocycles. The van der Waals surface area contributed by atoms with E-state index in [9.17, 15) is 0 Å². The van der Waals surface area contributed by atoms with E-state index in [2.05, 4.69) is 0 Å². The first-order valence-corrected chi connectivity index (χ1v) is 4.81. The molecule has 1 aliphatic heterocycles. The van der Waals surface area contributed by atoms with Gasteiger partial charge in [-0.2, -0.15) is 0 Å². The number of rotatable bonds is 1. The first-order valence-electron chi connectivity index (χ1n) is 2.89. The van der Waals surface area contributed by atoms with E-state index in [-0.39, 0.29) is 0 Å². The minimum atomic E-state index is -3.95. The van der Waals surface area contributed by atoms with E-state index >= 15 is 0 Å². The quantitative estimate of drug-likeness (QED) is 0.449. The van der Waals surface area contributed by atoms with Crippen LogP contribution in [0.4, 0.5) is 0 Å². The molecule has 4 nitrogen and oxygen atoms in total. The van der Waals surface area contributed by atoms with Crippen molar-refractivity contribution in [3.05, 3.63) is 0 Å². The summed E-state index contributed by atoms with van der Waals surface area (Å²) in [6, 6.07) is 0. The number of ether oxygens (including phenoxy) is 1. The summed E-state index contributed by atoms with van der Waals surface area (Å²) < 4.78 is 4.83. The average Bonchev–Trinajstić information content (AvgIpc) is 2.08. The van der Waals surface area contributed by atoms with Gasteiger partial charge in [0.1, 0.15) is 0 Å². The van der Waals surface area contributed by atoms with Gasteiger partial charge in [-0.15, -0.1) is 0 Å². The third kappa shape index (κ3) is 1.85. The van der Waals surface area contributed by atoms with E-state index in [1.165, 1.54) is 0 Å². The molecule has 0 spiro atoms. The van der Waals surface area contributed by atoms with Crippen LogP contribution in [0.1, 0.15) is 12.8 Å². The fourth-order valence-electron chi connectivity index (χ4n) is 0.883. The van der Waals surface area contributed by atoms with E-state index in [0.29, 0.717) is 13.0 Å². The van der Waals surface area contributed by atoms with Gasteiger partial charge >= 0.3 is 52.7 Å². The Morgan fingerprint density at radius 1 is 1.33 bits per heavy atom. The van der Waals surface area contributed by atoms with E-state index in [1.54, 1.807) is 0 Å². The maximum absolute atomic E-state index is 8.64. The Bertz CT molecular complexity index is 93.2. The van der Waals surface area contributed by atoms with Crippen LogP contribution in [-0.4, -0.2) is 27.1 Å². The zero-order valence-corrected chi connectivity index (χ0v) is 5.95. The van der Waals surface area contributed by atoms with E-state index in [1.807, 2.05) is 0 Å². The Labute approximate surface area is 53.7 Å². The molecular weight excluding hydrogens is 143 g/mol. The van der Waals surface area contributed by atoms with Crippen molar-refractivity contribution in [2.75, 3.05) is 6.61 Å². The fraction of sp³-hybridized carbons (Fsp3) is 1.00. The topological polar surface area (TPSA) is 69.9 Å². The molecule has 1 heterocycles. The van der Waals surface area contributed by atoms with Gasteiger partial charge in [0, 0.05) is 0 Å². The Hall–Kier alpha value is 0.270. The van der Waals surface area contributed by atoms with Crippen molar-refractivity contribution < 1.29 is 19.4 Å². The molecule has 0 aliphatic carbocycles. The Balaban J connectivity index is 2.42. The van der Waals surface area contributed by atoms with Crippen molar-refractivity contribution in [3.8, 4) is 0 Å². The first kappa shape index (κ1) is 7.38. The molecule has 0 amide bonds. The molecule has 0 bridgehead atoms. The molecule has 1 unspecified atom stereocenters. The van der Waals surface area contributed by atoms with Crippen molar-refractivity contribution in [3.63, 3.8) is 0 Å². The number of hydrogen-bond donors (Lipinski definition) is 3. The van der Waals surface area contributed by atoms with Crippen LogP contribution in [0.2, 0.25) is 0 Å². The Kier molecular flexibility index (Phi) is 2.03. The standard InChI is InChI=1S/C4H11O4P/c5-9(6,7)4-2-1-3-8-4/h4-7,9H,1-3H2. The van der Waals surface area contributed by atoms with Gasteiger partial charge in [0.15, 0.2) is 0 Å². The second-order valence-corrected chi connectivity index (χ2v) is 4.21. The number of hydrogen-bond acceptors (Lipinski definition) is 4. The maximum atomic E-state index is 8.64. The predicted molar refractivity (Wildman–Crippen MR) is 33.9 cm³/mol. The van der Waals surface area contributed by atoms with Crippen LogP contribution in [0.15, 0.2) is 0 Å². The molecule has 56 valence electrons. The summed E-state index contributed by atoms with van der Waals surface area (Å²) in [5.74, 6) is -0.683. The van der Waals surface area contributed by atoms with Crippen LogP contribution in [0.3, 0.4) is 0 Å². The zero-order valence-electron chi connectivity index (χ0n) is 4.95. The molecule has 0 aromatic rings. The van der Waals surface area contributed by atoms with Crippen molar-refractivity contribution in [2.24, 2.45) is 0 Å². The van der Waals surface area contributed by atoms with Crippen LogP contribution >= 0.6 is 7.94 Å². The third-order valence-electron chi connectivity index (χ3n) is 1.36. The van der Waals surface area contributed by atoms with Crippen LogP contribution in [-0.2, 0) is 4.74 Å². The molecule has 1 rings (SSSR count). The Morgan fingerprint density at radius 2 is 2.00 bits per heavy atom. The molecule has 1 atom stereocenters. The molecule has 5 heteroatoms. The molecule has 0 radical (unpaired) electrons. The van der Waals surface area contributed by atoms with Gasteiger partial charge in [0.2, 0.25) is 0 Å². The molecule has 0 aromatic heterocycles. The summed E-state index contributed by atoms with van der Waals surface area (Å²) >= 11 is 0. The molecular formula is C4H11O4P. The second kappa shape index (κ2) is 2.48. The molecule has 1 fully saturated rings. The third-order valence-corrected chi connectivity index (χ3v) is 2.68. The van der Waals surface area contributed by atoms with Gasteiger partial charge in [-0.25, -0.2) is 0 Å². The molecule has 0 aromatic carbocycles. The van der Waals surface area contributed by atoms with E-state index < -0.39 is 13.8 Å². The van der Waals surface area contributed by atoms with Crippen molar-refractivity contribution in [1.29, 1.82) is 0 Å². The summed E-state index contributed by atoms with van der Waals surface area (Å²) in [5, 5.41) is 0. The molecule has 3 N–H and O–H groups in total. The summed E-state index contributed by atoms with van der Waals surface area (Å²) in [7, 11) is -3.95. The van der Waals surface area contributed by atoms with Crippen molar-refractivity contribution in [2.45, 2.75) is 18.7 Å².